The largest absolute Gasteiger partial charge is 0.495 e. The van der Waals surface area contributed by atoms with E-state index in [0.29, 0.717) is 33.0 Å². The van der Waals surface area contributed by atoms with Crippen LogP contribution in [-0.2, 0) is 4.79 Å². The predicted molar refractivity (Wildman–Crippen MR) is 124 cm³/mol. The lowest BCUT2D eigenvalue weighted by Gasteiger charge is -2.12. The van der Waals surface area contributed by atoms with E-state index in [2.05, 4.69) is 15.5 Å². The van der Waals surface area contributed by atoms with Gasteiger partial charge in [0.05, 0.1) is 24.1 Å². The van der Waals surface area contributed by atoms with Gasteiger partial charge in [-0.1, -0.05) is 53.7 Å². The Bertz CT molecular complexity index is 1250. The fourth-order valence-corrected chi connectivity index (χ4v) is 4.01. The summed E-state index contributed by atoms with van der Waals surface area (Å²) in [6.45, 7) is 0. The first-order chi connectivity index (χ1) is 15.6. The number of anilines is 1. The van der Waals surface area contributed by atoms with E-state index in [1.165, 1.54) is 24.9 Å². The molecule has 4 rings (SSSR count). The third-order valence-electron chi connectivity index (χ3n) is 4.53. The number of rotatable bonds is 7. The van der Waals surface area contributed by atoms with E-state index in [0.717, 1.165) is 5.69 Å². The Balaban J connectivity index is 1.60. The first-order valence-electron chi connectivity index (χ1n) is 9.58. The molecular formula is C23H18ClFN4O2S. The monoisotopic (exact) mass is 468 g/mol. The van der Waals surface area contributed by atoms with Gasteiger partial charge in [-0.3, -0.25) is 9.36 Å². The van der Waals surface area contributed by atoms with Crippen LogP contribution in [0.2, 0.25) is 5.02 Å². The van der Waals surface area contributed by atoms with Crippen LogP contribution in [-0.4, -0.2) is 33.5 Å². The number of carbonyl (C=O) groups excluding carboxylic acids is 1. The zero-order chi connectivity index (χ0) is 22.5. The van der Waals surface area contributed by atoms with E-state index in [1.807, 2.05) is 30.3 Å². The van der Waals surface area contributed by atoms with Crippen LogP contribution < -0.4 is 10.1 Å². The van der Waals surface area contributed by atoms with E-state index >= 15 is 0 Å². The van der Waals surface area contributed by atoms with Gasteiger partial charge in [-0.2, -0.15) is 0 Å². The number of halogens is 2. The molecule has 0 spiro atoms. The van der Waals surface area contributed by atoms with Crippen LogP contribution in [0, 0.1) is 5.82 Å². The molecule has 1 N–H and O–H groups in total. The molecule has 0 aliphatic heterocycles. The molecule has 0 aliphatic carbocycles. The number of para-hydroxylation sites is 1. The van der Waals surface area contributed by atoms with Crippen LogP contribution in [0.25, 0.3) is 17.1 Å². The second-order valence-corrected chi connectivity index (χ2v) is 8.02. The van der Waals surface area contributed by atoms with Gasteiger partial charge in [-0.25, -0.2) is 4.39 Å². The van der Waals surface area contributed by atoms with Gasteiger partial charge in [-0.05, 0) is 42.5 Å². The molecule has 0 saturated carbocycles. The van der Waals surface area contributed by atoms with Crippen LogP contribution in [0.15, 0.2) is 78.0 Å². The van der Waals surface area contributed by atoms with Crippen molar-refractivity contribution in [3.63, 3.8) is 0 Å². The number of hydrogen-bond donors (Lipinski definition) is 1. The quantitative estimate of drug-likeness (QED) is 0.364. The molecule has 32 heavy (non-hydrogen) atoms. The van der Waals surface area contributed by atoms with Crippen LogP contribution in [0.3, 0.4) is 0 Å². The van der Waals surface area contributed by atoms with Gasteiger partial charge < -0.3 is 10.1 Å². The van der Waals surface area contributed by atoms with Crippen molar-refractivity contribution in [1.29, 1.82) is 0 Å². The average Bonchev–Trinajstić information content (AvgIpc) is 3.22. The van der Waals surface area contributed by atoms with Crippen LogP contribution >= 0.6 is 23.4 Å². The minimum atomic E-state index is -0.403. The summed E-state index contributed by atoms with van der Waals surface area (Å²) in [5.41, 5.74) is 1.56. The Morgan fingerprint density at radius 2 is 1.84 bits per heavy atom. The molecule has 0 radical (unpaired) electrons. The first kappa shape index (κ1) is 21.9. The maximum Gasteiger partial charge on any atom is 0.234 e. The number of thioether (sulfide) groups is 1. The van der Waals surface area contributed by atoms with Gasteiger partial charge in [-0.15, -0.1) is 10.2 Å². The summed E-state index contributed by atoms with van der Waals surface area (Å²) in [5, 5.41) is 12.2. The minimum Gasteiger partial charge on any atom is -0.495 e. The highest BCUT2D eigenvalue weighted by atomic mass is 35.5. The number of ether oxygens (including phenoxy) is 1. The Hall–Kier alpha value is -3.36. The zero-order valence-electron chi connectivity index (χ0n) is 17.0. The molecule has 1 amide bonds. The van der Waals surface area contributed by atoms with Gasteiger partial charge in [0.15, 0.2) is 11.0 Å². The molecule has 0 atom stereocenters. The Morgan fingerprint density at radius 3 is 2.59 bits per heavy atom. The molecule has 1 heterocycles. The summed E-state index contributed by atoms with van der Waals surface area (Å²) in [7, 11) is 1.51. The zero-order valence-corrected chi connectivity index (χ0v) is 18.5. The highest BCUT2D eigenvalue weighted by molar-refractivity contribution is 7.99. The second-order valence-electron chi connectivity index (χ2n) is 6.64. The fourth-order valence-electron chi connectivity index (χ4n) is 3.08. The molecule has 162 valence electrons. The Kier molecular flexibility index (Phi) is 6.72. The highest BCUT2D eigenvalue weighted by Gasteiger charge is 2.19. The lowest BCUT2D eigenvalue weighted by Crippen LogP contribution is -2.15. The Morgan fingerprint density at radius 1 is 1.09 bits per heavy atom. The third kappa shape index (κ3) is 4.76. The number of aromatic nitrogens is 3. The number of benzene rings is 3. The third-order valence-corrected chi connectivity index (χ3v) is 5.69. The smallest absolute Gasteiger partial charge is 0.234 e. The van der Waals surface area contributed by atoms with E-state index in [9.17, 15) is 9.18 Å². The maximum atomic E-state index is 14.5. The van der Waals surface area contributed by atoms with Crippen molar-refractivity contribution >= 4 is 35.0 Å². The number of nitrogens with one attached hydrogen (secondary N) is 1. The summed E-state index contributed by atoms with van der Waals surface area (Å²) in [6.07, 6.45) is 0. The van der Waals surface area contributed by atoms with Crippen LogP contribution in [0.5, 0.6) is 5.75 Å². The van der Waals surface area contributed by atoms with E-state index in [1.54, 1.807) is 41.0 Å². The van der Waals surface area contributed by atoms with Gasteiger partial charge in [0.1, 0.15) is 11.6 Å². The standard InChI is InChI=1S/C23H18ClFN4O2S/c1-31-20-12-11-15(24)13-19(20)26-21(30)14-32-23-28-27-22(17-9-5-6-10-18(17)25)29(23)16-7-3-2-4-8-16/h2-13H,14H2,1H3,(H,26,30). The van der Waals surface area contributed by atoms with E-state index in [4.69, 9.17) is 16.3 Å². The second kappa shape index (κ2) is 9.84. The SMILES string of the molecule is COc1ccc(Cl)cc1NC(=O)CSc1nnc(-c2ccccc2F)n1-c1ccccc1. The van der Waals surface area contributed by atoms with Crippen molar-refractivity contribution in [2.24, 2.45) is 0 Å². The normalized spacial score (nSPS) is 10.7. The molecule has 9 heteroatoms. The summed E-state index contributed by atoms with van der Waals surface area (Å²) in [6, 6.07) is 20.7. The van der Waals surface area contributed by atoms with Crippen LogP contribution in [0.4, 0.5) is 10.1 Å². The molecule has 0 unspecified atom stereocenters. The molecule has 6 nitrogen and oxygen atoms in total. The molecule has 0 saturated heterocycles. The summed E-state index contributed by atoms with van der Waals surface area (Å²) < 4.78 is 21.5. The van der Waals surface area contributed by atoms with Gasteiger partial charge in [0, 0.05) is 10.7 Å². The number of amides is 1. The minimum absolute atomic E-state index is 0.0535. The van der Waals surface area contributed by atoms with Crippen molar-refractivity contribution < 1.29 is 13.9 Å². The molecular weight excluding hydrogens is 451 g/mol. The number of hydrogen-bond acceptors (Lipinski definition) is 5. The van der Waals surface area contributed by atoms with Crippen molar-refractivity contribution in [3.8, 4) is 22.8 Å². The van der Waals surface area contributed by atoms with Gasteiger partial charge >= 0.3 is 0 Å². The van der Waals surface area contributed by atoms with Gasteiger partial charge in [0.25, 0.3) is 0 Å². The van der Waals surface area contributed by atoms with Crippen molar-refractivity contribution in [2.75, 3.05) is 18.2 Å². The lowest BCUT2D eigenvalue weighted by atomic mass is 10.2. The Labute approximate surface area is 193 Å². The van der Waals surface area contributed by atoms with Crippen molar-refractivity contribution in [2.45, 2.75) is 5.16 Å². The van der Waals surface area contributed by atoms with E-state index < -0.39 is 5.82 Å². The van der Waals surface area contributed by atoms with Crippen molar-refractivity contribution in [1.82, 2.24) is 14.8 Å². The van der Waals surface area contributed by atoms with Gasteiger partial charge in [0.2, 0.25) is 5.91 Å². The average molecular weight is 469 g/mol. The molecule has 0 fully saturated rings. The summed E-state index contributed by atoms with van der Waals surface area (Å²) in [5.74, 6) is 0.235. The maximum absolute atomic E-state index is 14.5. The molecule has 0 bridgehead atoms. The predicted octanol–water partition coefficient (Wildman–Crippen LogP) is 5.47. The van der Waals surface area contributed by atoms with Crippen molar-refractivity contribution in [3.05, 3.63) is 83.6 Å². The van der Waals surface area contributed by atoms with Crippen LogP contribution in [0.1, 0.15) is 0 Å². The fraction of sp³-hybridized carbons (Fsp3) is 0.0870. The highest BCUT2D eigenvalue weighted by Crippen LogP contribution is 2.30. The molecule has 1 aromatic heterocycles. The van der Waals surface area contributed by atoms with E-state index in [-0.39, 0.29) is 11.7 Å². The topological polar surface area (TPSA) is 69.0 Å². The summed E-state index contributed by atoms with van der Waals surface area (Å²) >= 11 is 7.22. The molecule has 4 aromatic rings. The number of carbonyl (C=O) groups is 1. The lowest BCUT2D eigenvalue weighted by molar-refractivity contribution is -0.113. The molecule has 3 aromatic carbocycles. The first-order valence-corrected chi connectivity index (χ1v) is 10.9. The summed E-state index contributed by atoms with van der Waals surface area (Å²) in [4.78, 5) is 12.6. The number of methoxy groups -OCH3 is 1. The number of nitrogens with zero attached hydrogens (tertiary/aromatic N) is 3. The molecule has 0 aliphatic rings.